The number of hydrogen-bond acceptors (Lipinski definition) is 4. The van der Waals surface area contributed by atoms with Crippen molar-refractivity contribution in [3.8, 4) is 11.3 Å². The van der Waals surface area contributed by atoms with Crippen molar-refractivity contribution in [2.75, 3.05) is 11.9 Å². The van der Waals surface area contributed by atoms with E-state index in [1.54, 1.807) is 6.20 Å². The van der Waals surface area contributed by atoms with E-state index in [4.69, 9.17) is 4.98 Å². The minimum atomic E-state index is -0.00603. The molecule has 3 N–H and O–H groups in total. The lowest BCUT2D eigenvalue weighted by atomic mass is 10.1. The Balaban J connectivity index is 1.67. The summed E-state index contributed by atoms with van der Waals surface area (Å²) in [6.07, 6.45) is 4.95. The molecule has 1 fully saturated rings. The Morgan fingerprint density at radius 1 is 1.27 bits per heavy atom. The number of nitrogens with zero attached hydrogens (tertiary/aromatic N) is 2. The molecule has 0 spiro atoms. The average Bonchev–Trinajstić information content (AvgIpc) is 3.25. The highest BCUT2D eigenvalue weighted by molar-refractivity contribution is 14.1. The molecule has 2 aliphatic rings. The zero-order chi connectivity index (χ0) is 17.9. The van der Waals surface area contributed by atoms with Crippen molar-refractivity contribution in [2.45, 2.75) is 31.7 Å². The van der Waals surface area contributed by atoms with E-state index >= 15 is 0 Å². The predicted molar refractivity (Wildman–Crippen MR) is 109 cm³/mol. The quantitative estimate of drug-likeness (QED) is 0.524. The molecule has 3 aromatic rings. The van der Waals surface area contributed by atoms with Crippen molar-refractivity contribution in [1.29, 1.82) is 0 Å². The summed E-state index contributed by atoms with van der Waals surface area (Å²) in [6, 6.07) is 5.96. The zero-order valence-corrected chi connectivity index (χ0v) is 16.5. The molecule has 0 atom stereocenters. The Hall–Kier alpha value is -2.16. The molecule has 0 aromatic carbocycles. The molecule has 1 aliphatic carbocycles. The van der Waals surface area contributed by atoms with Crippen LogP contribution in [0.3, 0.4) is 0 Å². The van der Waals surface area contributed by atoms with Crippen LogP contribution in [-0.4, -0.2) is 32.9 Å². The Morgan fingerprint density at radius 2 is 2.12 bits per heavy atom. The van der Waals surface area contributed by atoms with Crippen LogP contribution in [0.25, 0.3) is 22.3 Å². The van der Waals surface area contributed by atoms with Gasteiger partial charge in [0.25, 0.3) is 5.91 Å². The monoisotopic (exact) mass is 459 g/mol. The summed E-state index contributed by atoms with van der Waals surface area (Å²) in [5, 5.41) is 6.44. The topological polar surface area (TPSA) is 82.7 Å². The third-order valence-electron chi connectivity index (χ3n) is 5.19. The smallest absolute Gasteiger partial charge is 0.254 e. The lowest BCUT2D eigenvalue weighted by Crippen LogP contribution is -2.31. The summed E-state index contributed by atoms with van der Waals surface area (Å²) in [5.41, 5.74) is 5.55. The molecule has 0 saturated heterocycles. The zero-order valence-electron chi connectivity index (χ0n) is 14.3. The Bertz CT molecular complexity index is 1050. The van der Waals surface area contributed by atoms with Crippen LogP contribution in [-0.2, 0) is 6.42 Å². The molecule has 132 valence electrons. The third kappa shape index (κ3) is 2.56. The van der Waals surface area contributed by atoms with Crippen LogP contribution in [0.1, 0.15) is 35.8 Å². The van der Waals surface area contributed by atoms with Crippen LogP contribution in [0.2, 0.25) is 0 Å². The molecule has 26 heavy (non-hydrogen) atoms. The van der Waals surface area contributed by atoms with Gasteiger partial charge in [-0.1, -0.05) is 0 Å². The number of hydrogen-bond donors (Lipinski definition) is 3. The second-order valence-corrected chi connectivity index (χ2v) is 8.36. The lowest BCUT2D eigenvalue weighted by molar-refractivity contribution is 0.0945. The number of aromatic nitrogens is 3. The molecule has 0 unspecified atom stereocenters. The standard InChI is InChI=1S/C19H18IN5O/c1-19(6-7-19)25-13-3-2-12-16(24-13)10(4-8-21-12)17-15(20)14-11(23-17)5-9-22-18(14)26/h2-4,8,23H,5-7,9H2,1H3,(H,22,26)(H,24,25). The van der Waals surface area contributed by atoms with E-state index < -0.39 is 0 Å². The summed E-state index contributed by atoms with van der Waals surface area (Å²) in [4.78, 5) is 25.0. The first kappa shape index (κ1) is 16.0. The molecular weight excluding hydrogens is 441 g/mol. The lowest BCUT2D eigenvalue weighted by Gasteiger charge is -2.13. The van der Waals surface area contributed by atoms with E-state index in [1.165, 1.54) is 12.8 Å². The summed E-state index contributed by atoms with van der Waals surface area (Å²) in [7, 11) is 0. The second kappa shape index (κ2) is 5.67. The molecule has 1 amide bonds. The van der Waals surface area contributed by atoms with Crippen LogP contribution >= 0.6 is 22.6 Å². The van der Waals surface area contributed by atoms with Gasteiger partial charge in [0.15, 0.2) is 0 Å². The summed E-state index contributed by atoms with van der Waals surface area (Å²) in [6.45, 7) is 2.88. The molecule has 1 saturated carbocycles. The molecule has 0 bridgehead atoms. The first-order valence-electron chi connectivity index (χ1n) is 8.77. The maximum absolute atomic E-state index is 12.3. The number of rotatable bonds is 3. The van der Waals surface area contributed by atoms with Gasteiger partial charge < -0.3 is 15.6 Å². The van der Waals surface area contributed by atoms with Crippen LogP contribution in [0.4, 0.5) is 5.82 Å². The van der Waals surface area contributed by atoms with E-state index in [0.717, 1.165) is 49.4 Å². The fraction of sp³-hybridized carbons (Fsp3) is 0.316. The maximum atomic E-state index is 12.3. The van der Waals surface area contributed by atoms with Crippen molar-refractivity contribution < 1.29 is 4.79 Å². The number of carbonyl (C=O) groups excluding carboxylic acids is 1. The molecular formula is C19H18IN5O. The van der Waals surface area contributed by atoms with Gasteiger partial charge in [0.05, 0.1) is 20.3 Å². The van der Waals surface area contributed by atoms with Crippen molar-refractivity contribution >= 4 is 45.3 Å². The van der Waals surface area contributed by atoms with Gasteiger partial charge in [-0.05, 0) is 60.6 Å². The van der Waals surface area contributed by atoms with Crippen LogP contribution in [0.15, 0.2) is 24.4 Å². The highest BCUT2D eigenvalue weighted by Crippen LogP contribution is 2.39. The number of aromatic amines is 1. The first-order valence-corrected chi connectivity index (χ1v) is 9.85. The van der Waals surface area contributed by atoms with E-state index in [1.807, 2.05) is 18.2 Å². The van der Waals surface area contributed by atoms with Gasteiger partial charge in [-0.3, -0.25) is 9.78 Å². The van der Waals surface area contributed by atoms with Gasteiger partial charge in [-0.15, -0.1) is 0 Å². The van der Waals surface area contributed by atoms with Gasteiger partial charge >= 0.3 is 0 Å². The van der Waals surface area contributed by atoms with Crippen molar-refractivity contribution in [2.24, 2.45) is 0 Å². The van der Waals surface area contributed by atoms with Crippen molar-refractivity contribution in [3.63, 3.8) is 0 Å². The molecule has 1 aliphatic heterocycles. The minimum Gasteiger partial charge on any atom is -0.365 e. The molecule has 7 heteroatoms. The number of H-pyrrole nitrogens is 1. The summed E-state index contributed by atoms with van der Waals surface area (Å²) in [5.74, 6) is 0.865. The molecule has 3 aromatic heterocycles. The molecule has 5 rings (SSSR count). The summed E-state index contributed by atoms with van der Waals surface area (Å²) >= 11 is 2.26. The number of carbonyl (C=O) groups is 1. The number of amides is 1. The van der Waals surface area contributed by atoms with Gasteiger partial charge in [0.2, 0.25) is 0 Å². The van der Waals surface area contributed by atoms with Crippen molar-refractivity contribution in [3.05, 3.63) is 39.2 Å². The highest BCUT2D eigenvalue weighted by Gasteiger charge is 2.37. The number of pyridine rings is 2. The SMILES string of the molecule is CC1(Nc2ccc3nccc(-c4[nH]c5c(c4I)C(=O)NCC5)c3n2)CC1. The number of fused-ring (bicyclic) bond motifs is 2. The normalized spacial score (nSPS) is 17.7. The Morgan fingerprint density at radius 3 is 2.88 bits per heavy atom. The molecule has 0 radical (unpaired) electrons. The van der Waals surface area contributed by atoms with Crippen molar-refractivity contribution in [1.82, 2.24) is 20.3 Å². The van der Waals surface area contributed by atoms with Gasteiger partial charge in [-0.25, -0.2) is 4.98 Å². The van der Waals surface area contributed by atoms with Gasteiger partial charge in [0, 0.05) is 36.0 Å². The van der Waals surface area contributed by atoms with E-state index in [-0.39, 0.29) is 11.4 Å². The molecule has 4 heterocycles. The highest BCUT2D eigenvalue weighted by atomic mass is 127. The van der Waals surface area contributed by atoms with Gasteiger partial charge in [0.1, 0.15) is 11.3 Å². The third-order valence-corrected chi connectivity index (χ3v) is 6.27. The first-order chi connectivity index (χ1) is 12.5. The predicted octanol–water partition coefficient (Wildman–Crippen LogP) is 3.48. The van der Waals surface area contributed by atoms with Crippen LogP contribution in [0.5, 0.6) is 0 Å². The van der Waals surface area contributed by atoms with E-state index in [2.05, 4.69) is 50.1 Å². The number of halogens is 1. The molecule has 6 nitrogen and oxygen atoms in total. The number of anilines is 1. The fourth-order valence-electron chi connectivity index (χ4n) is 3.44. The van der Waals surface area contributed by atoms with E-state index in [9.17, 15) is 4.79 Å². The second-order valence-electron chi connectivity index (χ2n) is 7.28. The van der Waals surface area contributed by atoms with Gasteiger partial charge in [-0.2, -0.15) is 0 Å². The number of nitrogens with one attached hydrogen (secondary N) is 3. The van der Waals surface area contributed by atoms with Crippen LogP contribution in [0, 0.1) is 3.57 Å². The maximum Gasteiger partial charge on any atom is 0.254 e. The Labute approximate surface area is 164 Å². The largest absolute Gasteiger partial charge is 0.365 e. The summed E-state index contributed by atoms with van der Waals surface area (Å²) < 4.78 is 0.941. The van der Waals surface area contributed by atoms with Crippen LogP contribution < -0.4 is 10.6 Å². The van der Waals surface area contributed by atoms with E-state index in [0.29, 0.717) is 6.54 Å². The average molecular weight is 459 g/mol. The minimum absolute atomic E-state index is 0.00603. The Kier molecular flexibility index (Phi) is 3.50. The fourth-order valence-corrected chi connectivity index (χ4v) is 4.44.